The number of methoxy groups -OCH3 is 1. The fourth-order valence-electron chi connectivity index (χ4n) is 3.18. The molecular weight excluding hydrogens is 418 g/mol. The summed E-state index contributed by atoms with van der Waals surface area (Å²) in [6.45, 7) is 14.6. The Bertz CT molecular complexity index is 919. The lowest BCUT2D eigenvalue weighted by Gasteiger charge is -2.37. The van der Waals surface area contributed by atoms with Crippen LogP contribution in [0.15, 0.2) is 48.5 Å². The molecule has 0 aliphatic rings. The molecule has 2 rings (SSSR count). The van der Waals surface area contributed by atoms with E-state index in [2.05, 4.69) is 33.9 Å². The third-order valence-electron chi connectivity index (χ3n) is 6.25. The highest BCUT2D eigenvalue weighted by Gasteiger charge is 2.37. The van der Waals surface area contributed by atoms with Crippen LogP contribution in [0, 0.1) is 6.92 Å². The number of aryl methyl sites for hydroxylation is 1. The quantitative estimate of drug-likeness (QED) is 0.376. The van der Waals surface area contributed by atoms with Gasteiger partial charge >= 0.3 is 5.97 Å². The molecule has 174 valence electrons. The van der Waals surface area contributed by atoms with Crippen LogP contribution in [0.5, 0.6) is 0 Å². The summed E-state index contributed by atoms with van der Waals surface area (Å²) in [5.41, 5.74) is 3.29. The third-order valence-corrected chi connectivity index (χ3v) is 10.8. The van der Waals surface area contributed by atoms with Crippen molar-refractivity contribution in [2.24, 2.45) is 0 Å². The predicted octanol–water partition coefficient (Wildman–Crippen LogP) is 5.37. The zero-order valence-electron chi connectivity index (χ0n) is 20.5. The highest BCUT2D eigenvalue weighted by atomic mass is 28.4. The van der Waals surface area contributed by atoms with E-state index >= 15 is 0 Å². The van der Waals surface area contributed by atoms with Gasteiger partial charge < -0.3 is 14.1 Å². The van der Waals surface area contributed by atoms with Gasteiger partial charge in [-0.15, -0.1) is 0 Å². The normalized spacial score (nSPS) is 11.8. The summed E-state index contributed by atoms with van der Waals surface area (Å²) in [7, 11) is -0.515. The highest BCUT2D eigenvalue weighted by Crippen LogP contribution is 2.36. The van der Waals surface area contributed by atoms with Crippen LogP contribution >= 0.6 is 0 Å². The van der Waals surface area contributed by atoms with Gasteiger partial charge in [-0.25, -0.2) is 4.79 Å². The number of hydrogen-bond donors (Lipinski definition) is 0. The smallest absolute Gasteiger partial charge is 0.338 e. The fourth-order valence-corrected chi connectivity index (χ4v) is 4.22. The van der Waals surface area contributed by atoms with Gasteiger partial charge in [0.1, 0.15) is 0 Å². The Kier molecular flexibility index (Phi) is 8.81. The van der Waals surface area contributed by atoms with Crippen LogP contribution in [0.2, 0.25) is 18.1 Å². The van der Waals surface area contributed by atoms with E-state index in [0.717, 1.165) is 16.7 Å². The third kappa shape index (κ3) is 7.04. The maximum absolute atomic E-state index is 13.2. The van der Waals surface area contributed by atoms with Crippen molar-refractivity contribution in [2.45, 2.75) is 58.8 Å². The van der Waals surface area contributed by atoms with Crippen LogP contribution in [0.3, 0.4) is 0 Å². The molecule has 0 saturated heterocycles. The molecule has 2 aromatic rings. The lowest BCUT2D eigenvalue weighted by atomic mass is 10.0. The lowest BCUT2D eigenvalue weighted by molar-refractivity contribution is -0.131. The standard InChI is InChI=1S/C26H37NO4Si/c1-20-17-22(13-14-23(20)25(29)30-5)18-24(28)27(19-21-11-9-8-10-12-21)15-16-31-32(6,7)26(2,3)4/h8-14,17H,15-16,18-19H2,1-7H3. The molecule has 0 bridgehead atoms. The number of benzene rings is 2. The topological polar surface area (TPSA) is 55.8 Å². The first-order valence-electron chi connectivity index (χ1n) is 11.1. The molecule has 0 aliphatic heterocycles. The van der Waals surface area contributed by atoms with Gasteiger partial charge in [0.15, 0.2) is 8.32 Å². The van der Waals surface area contributed by atoms with Crippen molar-refractivity contribution >= 4 is 20.2 Å². The molecule has 0 spiro atoms. The van der Waals surface area contributed by atoms with Crippen LogP contribution in [-0.4, -0.2) is 45.4 Å². The van der Waals surface area contributed by atoms with Crippen molar-refractivity contribution in [1.82, 2.24) is 4.90 Å². The second-order valence-electron chi connectivity index (χ2n) is 9.73. The van der Waals surface area contributed by atoms with E-state index in [4.69, 9.17) is 9.16 Å². The summed E-state index contributed by atoms with van der Waals surface area (Å²) in [6.07, 6.45) is 0.273. The molecule has 1 amide bonds. The van der Waals surface area contributed by atoms with Crippen molar-refractivity contribution in [3.63, 3.8) is 0 Å². The second-order valence-corrected chi connectivity index (χ2v) is 14.5. The maximum Gasteiger partial charge on any atom is 0.338 e. The van der Waals surface area contributed by atoms with Crippen molar-refractivity contribution in [1.29, 1.82) is 0 Å². The molecule has 0 heterocycles. The highest BCUT2D eigenvalue weighted by molar-refractivity contribution is 6.74. The molecule has 0 N–H and O–H groups in total. The molecule has 0 unspecified atom stereocenters. The van der Waals surface area contributed by atoms with E-state index in [9.17, 15) is 9.59 Å². The largest absolute Gasteiger partial charge is 0.465 e. The molecule has 5 nitrogen and oxygen atoms in total. The number of esters is 1. The van der Waals surface area contributed by atoms with Crippen molar-refractivity contribution in [3.05, 3.63) is 70.8 Å². The van der Waals surface area contributed by atoms with E-state index in [1.807, 2.05) is 54.3 Å². The molecule has 32 heavy (non-hydrogen) atoms. The first kappa shape index (κ1) is 25.8. The molecule has 0 saturated carbocycles. The Labute approximate surface area is 193 Å². The molecule has 2 aromatic carbocycles. The van der Waals surface area contributed by atoms with Gasteiger partial charge in [-0.05, 0) is 47.8 Å². The minimum absolute atomic E-state index is 0.0397. The minimum Gasteiger partial charge on any atom is -0.465 e. The monoisotopic (exact) mass is 455 g/mol. The average molecular weight is 456 g/mol. The van der Waals surface area contributed by atoms with Gasteiger partial charge in [0.25, 0.3) is 0 Å². The van der Waals surface area contributed by atoms with Crippen LogP contribution in [0.4, 0.5) is 0 Å². The first-order valence-corrected chi connectivity index (χ1v) is 14.0. The van der Waals surface area contributed by atoms with E-state index in [1.165, 1.54) is 7.11 Å². The van der Waals surface area contributed by atoms with Gasteiger partial charge in [0.2, 0.25) is 5.91 Å². The Morgan fingerprint density at radius 1 is 1.00 bits per heavy atom. The number of amides is 1. The van der Waals surface area contributed by atoms with Crippen LogP contribution in [-0.2, 0) is 26.9 Å². The van der Waals surface area contributed by atoms with Gasteiger partial charge in [0, 0.05) is 13.1 Å². The van der Waals surface area contributed by atoms with Crippen LogP contribution in [0.25, 0.3) is 0 Å². The number of hydrogen-bond acceptors (Lipinski definition) is 4. The Morgan fingerprint density at radius 2 is 1.66 bits per heavy atom. The van der Waals surface area contributed by atoms with Crippen LogP contribution < -0.4 is 0 Å². The summed E-state index contributed by atoms with van der Waals surface area (Å²) in [5.74, 6) is -0.327. The van der Waals surface area contributed by atoms with Gasteiger partial charge in [-0.1, -0.05) is 63.2 Å². The van der Waals surface area contributed by atoms with Crippen molar-refractivity contribution in [3.8, 4) is 0 Å². The number of carbonyl (C=O) groups is 2. The maximum atomic E-state index is 13.2. The van der Waals surface area contributed by atoms with Crippen LogP contribution in [0.1, 0.15) is 47.8 Å². The lowest BCUT2D eigenvalue weighted by Crippen LogP contribution is -2.43. The Hall–Kier alpha value is -2.44. The predicted molar refractivity (Wildman–Crippen MR) is 131 cm³/mol. The Morgan fingerprint density at radius 3 is 2.22 bits per heavy atom. The number of ether oxygens (including phenoxy) is 1. The van der Waals surface area contributed by atoms with E-state index < -0.39 is 8.32 Å². The van der Waals surface area contributed by atoms with E-state index in [1.54, 1.807) is 6.07 Å². The molecule has 0 fully saturated rings. The van der Waals surface area contributed by atoms with E-state index in [-0.39, 0.29) is 23.3 Å². The molecule has 0 aliphatic carbocycles. The number of nitrogens with zero attached hydrogens (tertiary/aromatic N) is 1. The minimum atomic E-state index is -1.88. The van der Waals surface area contributed by atoms with Crippen molar-refractivity contribution in [2.75, 3.05) is 20.3 Å². The number of carbonyl (C=O) groups excluding carboxylic acids is 2. The zero-order valence-corrected chi connectivity index (χ0v) is 21.5. The molecule has 0 atom stereocenters. The van der Waals surface area contributed by atoms with E-state index in [0.29, 0.717) is 25.3 Å². The summed E-state index contributed by atoms with van der Waals surface area (Å²) in [6, 6.07) is 15.4. The average Bonchev–Trinajstić information content (AvgIpc) is 2.72. The summed E-state index contributed by atoms with van der Waals surface area (Å²) >= 11 is 0. The molecule has 0 radical (unpaired) electrons. The van der Waals surface area contributed by atoms with Gasteiger partial charge in [0.05, 0.1) is 25.7 Å². The summed E-state index contributed by atoms with van der Waals surface area (Å²) in [4.78, 5) is 27.0. The van der Waals surface area contributed by atoms with Gasteiger partial charge in [-0.2, -0.15) is 0 Å². The summed E-state index contributed by atoms with van der Waals surface area (Å²) in [5, 5.41) is 0.125. The van der Waals surface area contributed by atoms with Gasteiger partial charge in [-0.3, -0.25) is 4.79 Å². The zero-order chi connectivity index (χ0) is 23.9. The summed E-state index contributed by atoms with van der Waals surface area (Å²) < 4.78 is 11.1. The number of rotatable bonds is 9. The molecule has 0 aromatic heterocycles. The second kappa shape index (κ2) is 10.9. The first-order chi connectivity index (χ1) is 14.9. The SMILES string of the molecule is COC(=O)c1ccc(CC(=O)N(CCO[Si](C)(C)C(C)(C)C)Cc2ccccc2)cc1C. The molecule has 6 heteroatoms. The fraction of sp³-hybridized carbons (Fsp3) is 0.462. The Balaban J connectivity index is 2.13. The molecular formula is C26H37NO4Si. The van der Waals surface area contributed by atoms with Crippen molar-refractivity contribution < 1.29 is 18.8 Å².